The number of halogens is 1. The molecule has 15 heteroatoms. The lowest BCUT2D eigenvalue weighted by atomic mass is 9.81. The number of aromatic nitrogens is 1. The van der Waals surface area contributed by atoms with Crippen LogP contribution in [0.4, 0.5) is 11.4 Å². The van der Waals surface area contributed by atoms with Crippen LogP contribution in [0.1, 0.15) is 39.6 Å². The summed E-state index contributed by atoms with van der Waals surface area (Å²) in [6, 6.07) is 2.38. The minimum atomic E-state index is -1.04. The number of nitro benzene ring substituents is 1. The topological polar surface area (TPSA) is 167 Å². The first kappa shape index (κ1) is 29.4. The number of amides is 4. The van der Waals surface area contributed by atoms with Gasteiger partial charge in [0, 0.05) is 62.2 Å². The number of nitrogens with one attached hydrogen (secondary N) is 3. The molecule has 0 radical (unpaired) electrons. The van der Waals surface area contributed by atoms with Crippen LogP contribution in [0.15, 0.2) is 18.2 Å². The molecule has 1 aliphatic heterocycles. The number of thiazole rings is 1. The van der Waals surface area contributed by atoms with Gasteiger partial charge < -0.3 is 25.8 Å². The van der Waals surface area contributed by atoms with Crippen molar-refractivity contribution in [1.29, 1.82) is 0 Å². The Morgan fingerprint density at radius 2 is 1.90 bits per heavy atom. The summed E-state index contributed by atoms with van der Waals surface area (Å²) in [6.45, 7) is 1.57. The van der Waals surface area contributed by atoms with Gasteiger partial charge in [0.1, 0.15) is 5.02 Å². The first-order valence-corrected chi connectivity index (χ1v) is 13.9. The maximum Gasteiger partial charge on any atom is 0.313 e. The van der Waals surface area contributed by atoms with E-state index >= 15 is 0 Å². The van der Waals surface area contributed by atoms with Crippen LogP contribution >= 0.6 is 22.9 Å². The fraction of sp³-hybridized carbons (Fsp3) is 0.480. The van der Waals surface area contributed by atoms with Crippen LogP contribution in [0, 0.1) is 16.0 Å². The Kier molecular flexibility index (Phi) is 9.01. The normalized spacial score (nSPS) is 20.6. The molecule has 4 amide bonds. The van der Waals surface area contributed by atoms with Crippen molar-refractivity contribution in [2.24, 2.45) is 5.92 Å². The second-order valence-corrected chi connectivity index (χ2v) is 11.6. The number of hydrogen-bond donors (Lipinski definition) is 3. The van der Waals surface area contributed by atoms with Crippen LogP contribution in [-0.2, 0) is 27.3 Å². The maximum atomic E-state index is 13.2. The van der Waals surface area contributed by atoms with Crippen LogP contribution in [-0.4, -0.2) is 83.1 Å². The third kappa shape index (κ3) is 6.74. The summed E-state index contributed by atoms with van der Waals surface area (Å²) in [7, 11) is 5.32. The van der Waals surface area contributed by atoms with E-state index in [1.54, 1.807) is 14.1 Å². The molecule has 3 atom stereocenters. The predicted octanol–water partition coefficient (Wildman–Crippen LogP) is 1.80. The zero-order chi connectivity index (χ0) is 29.1. The lowest BCUT2D eigenvalue weighted by Gasteiger charge is -2.37. The van der Waals surface area contributed by atoms with E-state index in [9.17, 15) is 29.3 Å². The maximum absolute atomic E-state index is 13.2. The molecule has 2 aliphatic rings. The molecule has 4 rings (SSSR count). The lowest BCUT2D eigenvalue weighted by molar-refractivity contribution is -0.384. The van der Waals surface area contributed by atoms with Crippen molar-refractivity contribution < 1.29 is 24.1 Å². The average molecular weight is 592 g/mol. The number of benzene rings is 1. The van der Waals surface area contributed by atoms with Gasteiger partial charge in [-0.2, -0.15) is 0 Å². The molecular formula is C25H30ClN7O6S. The highest BCUT2D eigenvalue weighted by Crippen LogP contribution is 2.29. The summed E-state index contributed by atoms with van der Waals surface area (Å²) < 4.78 is 0. The third-order valence-corrected chi connectivity index (χ3v) is 8.40. The van der Waals surface area contributed by atoms with Crippen molar-refractivity contribution in [3.63, 3.8) is 0 Å². The van der Waals surface area contributed by atoms with E-state index in [0.717, 1.165) is 29.6 Å². The number of likely N-dealkylation sites (N-methyl/N-ethyl adjacent to an activating group) is 1. The van der Waals surface area contributed by atoms with E-state index in [1.165, 1.54) is 28.4 Å². The lowest BCUT2D eigenvalue weighted by Crippen LogP contribution is -2.57. The monoisotopic (exact) mass is 591 g/mol. The van der Waals surface area contributed by atoms with Crippen LogP contribution in [0.3, 0.4) is 0 Å². The number of nitro groups is 1. The zero-order valence-electron chi connectivity index (χ0n) is 22.2. The molecule has 214 valence electrons. The van der Waals surface area contributed by atoms with Gasteiger partial charge in [0.15, 0.2) is 5.01 Å². The summed E-state index contributed by atoms with van der Waals surface area (Å²) >= 11 is 7.13. The molecule has 1 aliphatic carbocycles. The molecule has 0 spiro atoms. The summed E-state index contributed by atoms with van der Waals surface area (Å²) in [6.07, 6.45) is 1.83. The molecular weight excluding hydrogens is 562 g/mol. The first-order chi connectivity index (χ1) is 18.9. The van der Waals surface area contributed by atoms with E-state index in [-0.39, 0.29) is 29.0 Å². The van der Waals surface area contributed by atoms with Gasteiger partial charge in [0.05, 0.1) is 16.7 Å². The van der Waals surface area contributed by atoms with Crippen molar-refractivity contribution in [3.05, 3.63) is 48.9 Å². The highest BCUT2D eigenvalue weighted by molar-refractivity contribution is 7.13. The van der Waals surface area contributed by atoms with Crippen LogP contribution in [0.2, 0.25) is 5.02 Å². The molecule has 0 bridgehead atoms. The summed E-state index contributed by atoms with van der Waals surface area (Å²) in [4.78, 5) is 71.0. The van der Waals surface area contributed by atoms with Crippen molar-refractivity contribution in [3.8, 4) is 0 Å². The van der Waals surface area contributed by atoms with Gasteiger partial charge in [0.2, 0.25) is 5.91 Å². The quantitative estimate of drug-likeness (QED) is 0.260. The number of hydrogen-bond acceptors (Lipinski definition) is 9. The highest BCUT2D eigenvalue weighted by Gasteiger charge is 2.37. The van der Waals surface area contributed by atoms with E-state index < -0.39 is 40.4 Å². The molecule has 1 aromatic carbocycles. The van der Waals surface area contributed by atoms with Crippen molar-refractivity contribution in [2.45, 2.75) is 44.3 Å². The zero-order valence-corrected chi connectivity index (χ0v) is 23.8. The number of rotatable bonds is 6. The van der Waals surface area contributed by atoms with Gasteiger partial charge in [-0.25, -0.2) is 4.98 Å². The van der Waals surface area contributed by atoms with E-state index in [2.05, 4.69) is 25.8 Å². The largest absolute Gasteiger partial charge is 0.349 e. The number of fused-ring (bicyclic) bond motifs is 1. The first-order valence-electron chi connectivity index (χ1n) is 12.7. The molecule has 1 saturated carbocycles. The van der Waals surface area contributed by atoms with Crippen molar-refractivity contribution >= 4 is 57.9 Å². The van der Waals surface area contributed by atoms with Gasteiger partial charge in [-0.05, 0) is 38.4 Å². The third-order valence-electron chi connectivity index (χ3n) is 7.00. The fourth-order valence-electron chi connectivity index (χ4n) is 4.89. The average Bonchev–Trinajstić information content (AvgIpc) is 3.33. The molecule has 40 heavy (non-hydrogen) atoms. The second kappa shape index (κ2) is 12.3. The second-order valence-electron chi connectivity index (χ2n) is 10.2. The van der Waals surface area contributed by atoms with Crippen LogP contribution in [0.5, 0.6) is 0 Å². The highest BCUT2D eigenvalue weighted by atomic mass is 35.5. The van der Waals surface area contributed by atoms with E-state index in [4.69, 9.17) is 11.6 Å². The Morgan fingerprint density at radius 3 is 2.60 bits per heavy atom. The Bertz CT molecular complexity index is 1350. The van der Waals surface area contributed by atoms with E-state index in [1.807, 2.05) is 7.05 Å². The Labute approximate surface area is 239 Å². The summed E-state index contributed by atoms with van der Waals surface area (Å²) in [5, 5.41) is 19.3. The molecule has 2 aromatic rings. The standard InChI is InChI=1S/C25H30ClN7O6S/c1-31(2)25(37)13-4-7-16(28-22(35)21(34)27-14-5-6-15(26)19(11-14)33(38)39)18(10-13)29-23(36)24-30-17-8-9-32(3)12-20(17)40-24/h5-6,11,13,16,18H,4,7-10,12H2,1-3H3,(H,27,34)(H,28,35)(H,29,36)/t13-,16-,18+/m0/s1. The number of anilines is 1. The number of carbonyl (C=O) groups excluding carboxylic acids is 4. The van der Waals surface area contributed by atoms with Gasteiger partial charge in [-0.1, -0.05) is 11.6 Å². The Hall–Kier alpha value is -3.62. The fourth-order valence-corrected chi connectivity index (χ4v) is 6.17. The molecule has 3 N–H and O–H groups in total. The van der Waals surface area contributed by atoms with E-state index in [0.29, 0.717) is 24.4 Å². The number of nitrogens with zero attached hydrogens (tertiary/aromatic N) is 4. The summed E-state index contributed by atoms with van der Waals surface area (Å²) in [5.41, 5.74) is 0.517. The smallest absolute Gasteiger partial charge is 0.313 e. The van der Waals surface area contributed by atoms with Gasteiger partial charge >= 0.3 is 11.8 Å². The minimum Gasteiger partial charge on any atom is -0.349 e. The molecule has 2 heterocycles. The van der Waals surface area contributed by atoms with Gasteiger partial charge in [-0.3, -0.25) is 29.3 Å². The predicted molar refractivity (Wildman–Crippen MR) is 148 cm³/mol. The number of carbonyl (C=O) groups is 4. The Balaban J connectivity index is 1.46. The molecule has 0 unspecified atom stereocenters. The molecule has 0 saturated heterocycles. The van der Waals surface area contributed by atoms with Crippen LogP contribution < -0.4 is 16.0 Å². The molecule has 1 aromatic heterocycles. The SMILES string of the molecule is CN1CCc2nc(C(=O)N[C@@H]3C[C@@H](C(=O)N(C)C)CC[C@@H]3NC(=O)C(=O)Nc3ccc(Cl)c([N+](=O)[O-])c3)sc2C1. The van der Waals surface area contributed by atoms with Crippen LogP contribution in [0.25, 0.3) is 0 Å². The molecule has 13 nitrogen and oxygen atoms in total. The Morgan fingerprint density at radius 1 is 1.15 bits per heavy atom. The van der Waals surface area contributed by atoms with Gasteiger partial charge in [0.25, 0.3) is 11.6 Å². The van der Waals surface area contributed by atoms with Crippen molar-refractivity contribution in [1.82, 2.24) is 25.4 Å². The van der Waals surface area contributed by atoms with Gasteiger partial charge in [-0.15, -0.1) is 11.3 Å². The minimum absolute atomic E-state index is 0.0276. The summed E-state index contributed by atoms with van der Waals surface area (Å²) in [5.74, 6) is -2.87. The molecule has 1 fully saturated rings. The van der Waals surface area contributed by atoms with Crippen molar-refractivity contribution in [2.75, 3.05) is 33.0 Å².